The molecule has 0 bridgehead atoms. The number of carbonyl (C=O) groups is 1. The number of rotatable bonds is 5. The van der Waals surface area contributed by atoms with Crippen LogP contribution in [0.1, 0.15) is 21.5 Å². The standard InChI is InChI=1S/C15H16BrNOS/c1-11-3-5-13(6-4-11)14(18)9-17(2)8-12-7-15(16)19-10-12/h3-7,10H,8-9H2,1-2H3. The molecule has 2 aromatic rings. The Morgan fingerprint density at radius 1 is 1.32 bits per heavy atom. The summed E-state index contributed by atoms with van der Waals surface area (Å²) in [5.74, 6) is 0.164. The Balaban J connectivity index is 1.93. The van der Waals surface area contributed by atoms with Gasteiger partial charge in [0.1, 0.15) is 0 Å². The smallest absolute Gasteiger partial charge is 0.176 e. The molecule has 2 rings (SSSR count). The lowest BCUT2D eigenvalue weighted by atomic mass is 10.1. The molecule has 100 valence electrons. The molecule has 0 fully saturated rings. The maximum Gasteiger partial charge on any atom is 0.176 e. The quantitative estimate of drug-likeness (QED) is 0.764. The van der Waals surface area contributed by atoms with Gasteiger partial charge in [-0.3, -0.25) is 9.69 Å². The van der Waals surface area contributed by atoms with Crippen LogP contribution < -0.4 is 0 Å². The molecule has 2 nitrogen and oxygen atoms in total. The minimum absolute atomic E-state index is 0.164. The van der Waals surface area contributed by atoms with E-state index in [1.165, 1.54) is 11.1 Å². The third-order valence-corrected chi connectivity index (χ3v) is 4.41. The fraction of sp³-hybridized carbons (Fsp3) is 0.267. The molecule has 0 saturated carbocycles. The summed E-state index contributed by atoms with van der Waals surface area (Å²) in [5, 5.41) is 2.11. The summed E-state index contributed by atoms with van der Waals surface area (Å²) < 4.78 is 1.13. The van der Waals surface area contributed by atoms with Gasteiger partial charge in [0, 0.05) is 12.1 Å². The van der Waals surface area contributed by atoms with Crippen molar-refractivity contribution in [1.29, 1.82) is 0 Å². The van der Waals surface area contributed by atoms with Crippen molar-refractivity contribution in [3.05, 3.63) is 56.2 Å². The molecule has 0 spiro atoms. The van der Waals surface area contributed by atoms with E-state index in [0.717, 1.165) is 15.9 Å². The molecular formula is C15H16BrNOS. The van der Waals surface area contributed by atoms with Crippen molar-refractivity contribution in [1.82, 2.24) is 4.90 Å². The number of carbonyl (C=O) groups excluding carboxylic acids is 1. The number of aryl methyl sites for hydroxylation is 1. The Bertz CT molecular complexity index is 562. The number of likely N-dealkylation sites (N-methyl/N-ethyl adjacent to an activating group) is 1. The van der Waals surface area contributed by atoms with Gasteiger partial charge in [0.15, 0.2) is 5.78 Å². The summed E-state index contributed by atoms with van der Waals surface area (Å²) in [6.45, 7) is 3.25. The number of Topliss-reactive ketones (excluding diaryl/α,β-unsaturated/α-hetero) is 1. The lowest BCUT2D eigenvalue weighted by Crippen LogP contribution is -2.25. The van der Waals surface area contributed by atoms with E-state index in [-0.39, 0.29) is 5.78 Å². The first kappa shape index (κ1) is 14.4. The highest BCUT2D eigenvalue weighted by atomic mass is 79.9. The second kappa shape index (κ2) is 6.46. The van der Waals surface area contributed by atoms with Gasteiger partial charge < -0.3 is 0 Å². The van der Waals surface area contributed by atoms with E-state index in [4.69, 9.17) is 0 Å². The van der Waals surface area contributed by atoms with Gasteiger partial charge in [0.25, 0.3) is 0 Å². The molecule has 4 heteroatoms. The summed E-state index contributed by atoms with van der Waals surface area (Å²) in [5.41, 5.74) is 3.19. The number of halogens is 1. The van der Waals surface area contributed by atoms with Crippen LogP contribution >= 0.6 is 27.3 Å². The fourth-order valence-corrected chi connectivity index (χ4v) is 3.07. The predicted molar refractivity (Wildman–Crippen MR) is 83.9 cm³/mol. The zero-order chi connectivity index (χ0) is 13.8. The molecule has 0 N–H and O–H groups in total. The second-order valence-electron chi connectivity index (χ2n) is 4.72. The van der Waals surface area contributed by atoms with E-state index in [1.807, 2.05) is 43.1 Å². The van der Waals surface area contributed by atoms with Gasteiger partial charge in [-0.05, 0) is 46.9 Å². The van der Waals surface area contributed by atoms with Crippen LogP contribution in [0.5, 0.6) is 0 Å². The molecule has 0 amide bonds. The molecule has 0 aliphatic carbocycles. The molecule has 0 saturated heterocycles. The molecule has 0 aliphatic heterocycles. The number of hydrogen-bond acceptors (Lipinski definition) is 3. The van der Waals surface area contributed by atoms with Gasteiger partial charge >= 0.3 is 0 Å². The maximum absolute atomic E-state index is 12.1. The van der Waals surface area contributed by atoms with Crippen molar-refractivity contribution in [3.8, 4) is 0 Å². The third-order valence-electron chi connectivity index (χ3n) is 2.86. The highest BCUT2D eigenvalue weighted by molar-refractivity contribution is 9.11. The topological polar surface area (TPSA) is 20.3 Å². The Hall–Kier alpha value is -0.970. The van der Waals surface area contributed by atoms with Gasteiger partial charge in [-0.25, -0.2) is 0 Å². The van der Waals surface area contributed by atoms with Crippen molar-refractivity contribution in [2.45, 2.75) is 13.5 Å². The molecular weight excluding hydrogens is 322 g/mol. The Labute approximate surface area is 126 Å². The van der Waals surface area contributed by atoms with E-state index in [2.05, 4.69) is 27.4 Å². The zero-order valence-corrected chi connectivity index (χ0v) is 13.4. The number of benzene rings is 1. The summed E-state index contributed by atoms with van der Waals surface area (Å²) in [6.07, 6.45) is 0. The molecule has 1 aromatic heterocycles. The normalized spacial score (nSPS) is 10.9. The number of nitrogens with zero attached hydrogens (tertiary/aromatic N) is 1. The minimum atomic E-state index is 0.164. The Morgan fingerprint density at radius 3 is 2.58 bits per heavy atom. The Kier molecular flexibility index (Phi) is 4.91. The predicted octanol–water partition coefficient (Wildman–Crippen LogP) is 4.13. The van der Waals surface area contributed by atoms with Crippen LogP contribution in [0.4, 0.5) is 0 Å². The van der Waals surface area contributed by atoms with Gasteiger partial charge in [-0.2, -0.15) is 0 Å². The molecule has 1 heterocycles. The van der Waals surface area contributed by atoms with Crippen LogP contribution in [-0.2, 0) is 6.54 Å². The summed E-state index contributed by atoms with van der Waals surface area (Å²) >= 11 is 5.12. The van der Waals surface area contributed by atoms with Crippen molar-refractivity contribution in [3.63, 3.8) is 0 Å². The van der Waals surface area contributed by atoms with E-state index in [0.29, 0.717) is 6.54 Å². The van der Waals surface area contributed by atoms with Gasteiger partial charge in [-0.15, -0.1) is 11.3 Å². The summed E-state index contributed by atoms with van der Waals surface area (Å²) in [4.78, 5) is 14.2. The monoisotopic (exact) mass is 337 g/mol. The molecule has 19 heavy (non-hydrogen) atoms. The highest BCUT2D eigenvalue weighted by Gasteiger charge is 2.10. The maximum atomic E-state index is 12.1. The summed E-state index contributed by atoms with van der Waals surface area (Å²) in [6, 6.07) is 9.84. The lowest BCUT2D eigenvalue weighted by molar-refractivity contribution is 0.0943. The van der Waals surface area contributed by atoms with Crippen LogP contribution in [0.15, 0.2) is 39.5 Å². The van der Waals surface area contributed by atoms with Gasteiger partial charge in [0.2, 0.25) is 0 Å². The van der Waals surface area contributed by atoms with E-state index >= 15 is 0 Å². The van der Waals surface area contributed by atoms with Crippen LogP contribution in [0.25, 0.3) is 0 Å². The van der Waals surface area contributed by atoms with E-state index < -0.39 is 0 Å². The van der Waals surface area contributed by atoms with E-state index in [9.17, 15) is 4.79 Å². The average Bonchev–Trinajstić information content (AvgIpc) is 2.75. The second-order valence-corrected chi connectivity index (χ2v) is 7.01. The van der Waals surface area contributed by atoms with E-state index in [1.54, 1.807) is 11.3 Å². The molecule has 0 atom stereocenters. The van der Waals surface area contributed by atoms with Crippen molar-refractivity contribution >= 4 is 33.0 Å². The first-order valence-corrected chi connectivity index (χ1v) is 7.73. The van der Waals surface area contributed by atoms with Gasteiger partial charge in [0.05, 0.1) is 10.3 Å². The number of thiophene rings is 1. The van der Waals surface area contributed by atoms with Crippen LogP contribution in [0.3, 0.4) is 0 Å². The van der Waals surface area contributed by atoms with Crippen molar-refractivity contribution in [2.75, 3.05) is 13.6 Å². The van der Waals surface area contributed by atoms with Crippen LogP contribution in [0, 0.1) is 6.92 Å². The minimum Gasteiger partial charge on any atom is -0.295 e. The third kappa shape index (κ3) is 4.27. The van der Waals surface area contributed by atoms with Crippen molar-refractivity contribution < 1.29 is 4.79 Å². The lowest BCUT2D eigenvalue weighted by Gasteiger charge is -2.14. The first-order valence-electron chi connectivity index (χ1n) is 6.06. The largest absolute Gasteiger partial charge is 0.295 e. The number of ketones is 1. The fourth-order valence-electron chi connectivity index (χ4n) is 1.87. The Morgan fingerprint density at radius 2 is 2.00 bits per heavy atom. The van der Waals surface area contributed by atoms with Crippen LogP contribution in [0.2, 0.25) is 0 Å². The van der Waals surface area contributed by atoms with Gasteiger partial charge in [-0.1, -0.05) is 29.8 Å². The van der Waals surface area contributed by atoms with Crippen molar-refractivity contribution in [2.24, 2.45) is 0 Å². The van der Waals surface area contributed by atoms with Crippen LogP contribution in [-0.4, -0.2) is 24.3 Å². The molecule has 0 radical (unpaired) electrons. The zero-order valence-electron chi connectivity index (χ0n) is 11.0. The summed E-state index contributed by atoms with van der Waals surface area (Å²) in [7, 11) is 1.97. The highest BCUT2D eigenvalue weighted by Crippen LogP contribution is 2.21. The molecule has 0 unspecified atom stereocenters. The average molecular weight is 338 g/mol. The SMILES string of the molecule is Cc1ccc(C(=O)CN(C)Cc2csc(Br)c2)cc1. The molecule has 0 aliphatic rings. The molecule has 1 aromatic carbocycles. The first-order chi connectivity index (χ1) is 9.04. The number of hydrogen-bond donors (Lipinski definition) is 0.